The molecule has 100 valence electrons. The number of thioether (sulfide) groups is 1. The molecule has 19 heavy (non-hydrogen) atoms. The molecule has 1 amide bonds. The van der Waals surface area contributed by atoms with Crippen molar-refractivity contribution in [1.82, 2.24) is 15.3 Å². The molecule has 2 heterocycles. The molecule has 0 radical (unpaired) electrons. The zero-order valence-corrected chi connectivity index (χ0v) is 11.1. The van der Waals surface area contributed by atoms with Crippen molar-refractivity contribution in [2.45, 2.75) is 18.1 Å². The van der Waals surface area contributed by atoms with Gasteiger partial charge in [0.15, 0.2) is 5.16 Å². The van der Waals surface area contributed by atoms with Gasteiger partial charge in [0.25, 0.3) is 5.56 Å². The maximum absolute atomic E-state index is 11.7. The highest BCUT2D eigenvalue weighted by atomic mass is 32.2. The number of nitrogens with one attached hydrogen (secondary N) is 2. The number of carbonyl (C=O) groups excluding carboxylic acids is 1. The molecule has 2 aromatic heterocycles. The van der Waals surface area contributed by atoms with Gasteiger partial charge in [0.2, 0.25) is 5.91 Å². The Bertz CT molecular complexity index is 594. The highest BCUT2D eigenvalue weighted by molar-refractivity contribution is 7.99. The molecule has 0 aliphatic carbocycles. The maximum atomic E-state index is 11.7. The summed E-state index contributed by atoms with van der Waals surface area (Å²) in [5.74, 6) is 0.725. The van der Waals surface area contributed by atoms with E-state index in [0.29, 0.717) is 10.9 Å². The Balaban J connectivity index is 1.83. The SMILES string of the molecule is C[C@H](NC(=O)CSc1nccc(=O)[nH]1)c1ccco1. The van der Waals surface area contributed by atoms with Crippen molar-refractivity contribution in [1.29, 1.82) is 0 Å². The Hall–Kier alpha value is -2.02. The van der Waals surface area contributed by atoms with Gasteiger partial charge in [-0.2, -0.15) is 0 Å². The summed E-state index contributed by atoms with van der Waals surface area (Å²) in [6.07, 6.45) is 2.97. The third kappa shape index (κ3) is 3.99. The summed E-state index contributed by atoms with van der Waals surface area (Å²) in [6.45, 7) is 1.84. The van der Waals surface area contributed by atoms with E-state index in [9.17, 15) is 9.59 Å². The van der Waals surface area contributed by atoms with Crippen LogP contribution < -0.4 is 10.9 Å². The fourth-order valence-corrected chi connectivity index (χ4v) is 2.11. The van der Waals surface area contributed by atoms with E-state index in [0.717, 1.165) is 0 Å². The molecule has 2 N–H and O–H groups in total. The lowest BCUT2D eigenvalue weighted by Gasteiger charge is -2.10. The van der Waals surface area contributed by atoms with Gasteiger partial charge in [-0.25, -0.2) is 4.98 Å². The second-order valence-corrected chi connectivity index (χ2v) is 4.80. The molecular weight excluding hydrogens is 266 g/mol. The monoisotopic (exact) mass is 279 g/mol. The van der Waals surface area contributed by atoms with Gasteiger partial charge >= 0.3 is 0 Å². The first-order chi connectivity index (χ1) is 9.15. The summed E-state index contributed by atoms with van der Waals surface area (Å²) in [6, 6.07) is 4.70. The number of H-pyrrole nitrogens is 1. The van der Waals surface area contributed by atoms with E-state index in [-0.39, 0.29) is 23.3 Å². The predicted octanol–water partition coefficient (Wildman–Crippen LogP) is 1.33. The third-order valence-corrected chi connectivity index (χ3v) is 3.22. The Kier molecular flexibility index (Phi) is 4.40. The molecule has 0 bridgehead atoms. The summed E-state index contributed by atoms with van der Waals surface area (Å²) in [5, 5.41) is 3.22. The topological polar surface area (TPSA) is 88.0 Å². The molecule has 0 aliphatic rings. The van der Waals surface area contributed by atoms with Crippen LogP contribution in [0.4, 0.5) is 0 Å². The maximum Gasteiger partial charge on any atom is 0.251 e. The van der Waals surface area contributed by atoms with E-state index in [1.807, 2.05) is 6.92 Å². The largest absolute Gasteiger partial charge is 0.467 e. The van der Waals surface area contributed by atoms with Gasteiger partial charge in [0.05, 0.1) is 18.1 Å². The van der Waals surface area contributed by atoms with E-state index in [1.54, 1.807) is 18.4 Å². The molecule has 0 unspecified atom stereocenters. The molecule has 0 fully saturated rings. The van der Waals surface area contributed by atoms with Gasteiger partial charge in [-0.15, -0.1) is 0 Å². The van der Waals surface area contributed by atoms with E-state index in [4.69, 9.17) is 4.42 Å². The van der Waals surface area contributed by atoms with Crippen molar-refractivity contribution in [2.24, 2.45) is 0 Å². The number of aromatic amines is 1. The van der Waals surface area contributed by atoms with Gasteiger partial charge in [-0.3, -0.25) is 9.59 Å². The average Bonchev–Trinajstić information content (AvgIpc) is 2.90. The molecule has 0 saturated heterocycles. The second-order valence-electron chi connectivity index (χ2n) is 3.83. The van der Waals surface area contributed by atoms with Crippen LogP contribution in [0, 0.1) is 0 Å². The van der Waals surface area contributed by atoms with Crippen LogP contribution in [0.3, 0.4) is 0 Å². The molecule has 7 heteroatoms. The van der Waals surface area contributed by atoms with E-state index in [2.05, 4.69) is 15.3 Å². The first kappa shape index (κ1) is 13.4. The van der Waals surface area contributed by atoms with Crippen LogP contribution in [0.5, 0.6) is 0 Å². The summed E-state index contributed by atoms with van der Waals surface area (Å²) in [7, 11) is 0. The number of hydrogen-bond donors (Lipinski definition) is 2. The molecule has 0 aromatic carbocycles. The Labute approximate surface area is 113 Å². The van der Waals surface area contributed by atoms with Gasteiger partial charge in [0, 0.05) is 12.3 Å². The zero-order valence-electron chi connectivity index (χ0n) is 10.3. The van der Waals surface area contributed by atoms with Crippen LogP contribution >= 0.6 is 11.8 Å². The Morgan fingerprint density at radius 1 is 1.58 bits per heavy atom. The van der Waals surface area contributed by atoms with E-state index < -0.39 is 0 Å². The fourth-order valence-electron chi connectivity index (χ4n) is 1.45. The minimum Gasteiger partial charge on any atom is -0.467 e. The first-order valence-electron chi connectivity index (χ1n) is 5.66. The number of nitrogens with zero attached hydrogens (tertiary/aromatic N) is 1. The summed E-state index contributed by atoms with van der Waals surface area (Å²) in [5.41, 5.74) is -0.234. The van der Waals surface area contributed by atoms with Gasteiger partial charge in [-0.1, -0.05) is 11.8 Å². The van der Waals surface area contributed by atoms with Gasteiger partial charge < -0.3 is 14.7 Å². The van der Waals surface area contributed by atoms with Crippen molar-refractivity contribution in [3.63, 3.8) is 0 Å². The number of aromatic nitrogens is 2. The average molecular weight is 279 g/mol. The Morgan fingerprint density at radius 3 is 3.11 bits per heavy atom. The number of carbonyl (C=O) groups is 1. The second kappa shape index (κ2) is 6.24. The van der Waals surface area contributed by atoms with Crippen molar-refractivity contribution < 1.29 is 9.21 Å². The fraction of sp³-hybridized carbons (Fsp3) is 0.250. The normalized spacial score (nSPS) is 12.1. The summed E-state index contributed by atoms with van der Waals surface area (Å²) in [4.78, 5) is 29.3. The lowest BCUT2D eigenvalue weighted by molar-refractivity contribution is -0.119. The van der Waals surface area contributed by atoms with E-state index >= 15 is 0 Å². The molecule has 2 aromatic rings. The third-order valence-electron chi connectivity index (χ3n) is 2.34. The highest BCUT2D eigenvalue weighted by Crippen LogP contribution is 2.14. The molecule has 2 rings (SSSR count). The van der Waals surface area contributed by atoms with Crippen LogP contribution in [-0.4, -0.2) is 21.6 Å². The van der Waals surface area contributed by atoms with Crippen molar-refractivity contribution in [2.75, 3.05) is 5.75 Å². The van der Waals surface area contributed by atoms with Crippen molar-refractivity contribution in [3.8, 4) is 0 Å². The molecular formula is C12H13N3O3S. The highest BCUT2D eigenvalue weighted by Gasteiger charge is 2.12. The predicted molar refractivity (Wildman–Crippen MR) is 70.8 cm³/mol. The lowest BCUT2D eigenvalue weighted by atomic mass is 10.2. The quantitative estimate of drug-likeness (QED) is 0.637. The lowest BCUT2D eigenvalue weighted by Crippen LogP contribution is -2.28. The van der Waals surface area contributed by atoms with Crippen LogP contribution in [0.15, 0.2) is 45.0 Å². The van der Waals surface area contributed by atoms with Crippen LogP contribution in [0.2, 0.25) is 0 Å². The van der Waals surface area contributed by atoms with Crippen molar-refractivity contribution >= 4 is 17.7 Å². The van der Waals surface area contributed by atoms with Crippen LogP contribution in [0.25, 0.3) is 0 Å². The van der Waals surface area contributed by atoms with Crippen LogP contribution in [0.1, 0.15) is 18.7 Å². The molecule has 0 spiro atoms. The minimum absolute atomic E-state index is 0.152. The number of amides is 1. The smallest absolute Gasteiger partial charge is 0.251 e. The van der Waals surface area contributed by atoms with Gasteiger partial charge in [0.1, 0.15) is 5.76 Å². The molecule has 0 aliphatic heterocycles. The number of hydrogen-bond acceptors (Lipinski definition) is 5. The summed E-state index contributed by atoms with van der Waals surface area (Å²) < 4.78 is 5.19. The Morgan fingerprint density at radius 2 is 2.42 bits per heavy atom. The van der Waals surface area contributed by atoms with Crippen LogP contribution in [-0.2, 0) is 4.79 Å². The van der Waals surface area contributed by atoms with E-state index in [1.165, 1.54) is 24.0 Å². The standard InChI is InChI=1S/C12H13N3O3S/c1-8(9-3-2-6-18-9)14-11(17)7-19-12-13-5-4-10(16)15-12/h2-6,8H,7H2,1H3,(H,14,17)(H,13,15,16)/t8-/m0/s1. The number of furan rings is 1. The van der Waals surface area contributed by atoms with Gasteiger partial charge in [-0.05, 0) is 19.1 Å². The summed E-state index contributed by atoms with van der Waals surface area (Å²) >= 11 is 1.17. The molecule has 6 nitrogen and oxygen atoms in total. The minimum atomic E-state index is -0.234. The first-order valence-corrected chi connectivity index (χ1v) is 6.64. The van der Waals surface area contributed by atoms with Crippen molar-refractivity contribution in [3.05, 3.63) is 46.8 Å². The molecule has 1 atom stereocenters. The number of rotatable bonds is 5. The molecule has 0 saturated carbocycles. The zero-order chi connectivity index (χ0) is 13.7.